The largest absolute Gasteiger partial charge is 0.421 e. The Labute approximate surface area is 124 Å². The standard InChI is InChI=1S/C13H7Br2NO3/c1-6-2-11(19-16-6)9-4-7-3-8(14)5-10(15)12(7)18-13(9)17/h2-5H,1H3. The molecule has 0 atom stereocenters. The van der Waals surface area contributed by atoms with Crippen LogP contribution in [0, 0.1) is 6.92 Å². The lowest BCUT2D eigenvalue weighted by atomic mass is 10.1. The first kappa shape index (κ1) is 12.6. The summed E-state index contributed by atoms with van der Waals surface area (Å²) >= 11 is 6.77. The molecule has 0 saturated heterocycles. The van der Waals surface area contributed by atoms with E-state index in [2.05, 4.69) is 37.0 Å². The third-order valence-corrected chi connectivity index (χ3v) is 3.69. The molecule has 2 aromatic heterocycles. The molecule has 3 rings (SSSR count). The lowest BCUT2D eigenvalue weighted by Crippen LogP contribution is -2.02. The minimum atomic E-state index is -0.452. The van der Waals surface area contributed by atoms with E-state index in [4.69, 9.17) is 8.94 Å². The van der Waals surface area contributed by atoms with E-state index in [1.165, 1.54) is 0 Å². The van der Waals surface area contributed by atoms with Crippen LogP contribution in [0.15, 0.2) is 46.9 Å². The molecule has 96 valence electrons. The molecule has 0 N–H and O–H groups in total. The molecule has 19 heavy (non-hydrogen) atoms. The maximum absolute atomic E-state index is 12.0. The summed E-state index contributed by atoms with van der Waals surface area (Å²) in [5.74, 6) is 0.407. The van der Waals surface area contributed by atoms with Gasteiger partial charge < -0.3 is 8.94 Å². The summed E-state index contributed by atoms with van der Waals surface area (Å²) in [5.41, 5.74) is 1.13. The fourth-order valence-electron chi connectivity index (χ4n) is 1.82. The van der Waals surface area contributed by atoms with E-state index in [0.717, 1.165) is 9.86 Å². The first-order valence-corrected chi connectivity index (χ1v) is 7.00. The van der Waals surface area contributed by atoms with Gasteiger partial charge in [-0.2, -0.15) is 0 Å². The average molecular weight is 385 g/mol. The second-order valence-electron chi connectivity index (χ2n) is 4.09. The molecule has 0 spiro atoms. The summed E-state index contributed by atoms with van der Waals surface area (Å²) in [4.78, 5) is 12.0. The molecule has 3 aromatic rings. The highest BCUT2D eigenvalue weighted by molar-refractivity contribution is 9.11. The van der Waals surface area contributed by atoms with E-state index in [0.29, 0.717) is 27.1 Å². The predicted molar refractivity (Wildman–Crippen MR) is 78.1 cm³/mol. The molecule has 0 saturated carbocycles. The first-order valence-electron chi connectivity index (χ1n) is 5.41. The fourth-order valence-corrected chi connectivity index (χ4v) is 3.16. The number of halogens is 2. The lowest BCUT2D eigenvalue weighted by molar-refractivity contribution is 0.424. The first-order chi connectivity index (χ1) is 9.04. The normalized spacial score (nSPS) is 11.1. The van der Waals surface area contributed by atoms with Gasteiger partial charge in [-0.05, 0) is 41.1 Å². The SMILES string of the molecule is Cc1cc(-c2cc3cc(Br)cc(Br)c3oc2=O)on1. The Morgan fingerprint density at radius 2 is 1.95 bits per heavy atom. The van der Waals surface area contributed by atoms with E-state index in [1.54, 1.807) is 19.1 Å². The van der Waals surface area contributed by atoms with Gasteiger partial charge in [0.1, 0.15) is 5.56 Å². The molecule has 4 nitrogen and oxygen atoms in total. The van der Waals surface area contributed by atoms with Crippen molar-refractivity contribution in [3.05, 3.63) is 49.3 Å². The van der Waals surface area contributed by atoms with Gasteiger partial charge >= 0.3 is 5.63 Å². The van der Waals surface area contributed by atoms with Gasteiger partial charge in [-0.1, -0.05) is 21.1 Å². The molecule has 0 fully saturated rings. The number of aromatic nitrogens is 1. The number of fused-ring (bicyclic) bond motifs is 1. The Kier molecular flexibility index (Phi) is 3.06. The van der Waals surface area contributed by atoms with Gasteiger partial charge in [-0.15, -0.1) is 0 Å². The quantitative estimate of drug-likeness (QED) is 0.587. The molecule has 0 radical (unpaired) electrons. The van der Waals surface area contributed by atoms with E-state index in [1.807, 2.05) is 12.1 Å². The zero-order chi connectivity index (χ0) is 13.6. The Morgan fingerprint density at radius 1 is 1.16 bits per heavy atom. The van der Waals surface area contributed by atoms with Crippen LogP contribution in [0.4, 0.5) is 0 Å². The van der Waals surface area contributed by atoms with Crippen LogP contribution in [0.1, 0.15) is 5.69 Å². The number of aryl methyl sites for hydroxylation is 1. The van der Waals surface area contributed by atoms with Gasteiger partial charge in [0.2, 0.25) is 0 Å². The van der Waals surface area contributed by atoms with Crippen LogP contribution in [-0.2, 0) is 0 Å². The van der Waals surface area contributed by atoms with Gasteiger partial charge in [0.15, 0.2) is 11.3 Å². The lowest BCUT2D eigenvalue weighted by Gasteiger charge is -2.02. The van der Waals surface area contributed by atoms with E-state index in [9.17, 15) is 4.79 Å². The molecular weight excluding hydrogens is 378 g/mol. The summed E-state index contributed by atoms with van der Waals surface area (Å²) in [6.07, 6.45) is 0. The molecule has 0 aliphatic rings. The van der Waals surface area contributed by atoms with Gasteiger partial charge in [0, 0.05) is 15.9 Å². The Balaban J connectivity index is 2.33. The fraction of sp³-hybridized carbons (Fsp3) is 0.0769. The van der Waals surface area contributed by atoms with Crippen LogP contribution >= 0.6 is 31.9 Å². The summed E-state index contributed by atoms with van der Waals surface area (Å²) in [6, 6.07) is 7.13. The zero-order valence-electron chi connectivity index (χ0n) is 9.74. The van der Waals surface area contributed by atoms with E-state index in [-0.39, 0.29) is 0 Å². The van der Waals surface area contributed by atoms with Crippen LogP contribution in [0.3, 0.4) is 0 Å². The van der Waals surface area contributed by atoms with Crippen LogP contribution < -0.4 is 5.63 Å². The number of rotatable bonds is 1. The van der Waals surface area contributed by atoms with Crippen molar-refractivity contribution in [2.75, 3.05) is 0 Å². The molecule has 0 bridgehead atoms. The van der Waals surface area contributed by atoms with Crippen molar-refractivity contribution >= 4 is 42.8 Å². The Bertz CT molecular complexity index is 836. The minimum absolute atomic E-state index is 0.359. The Morgan fingerprint density at radius 3 is 2.63 bits per heavy atom. The second-order valence-corrected chi connectivity index (χ2v) is 5.86. The van der Waals surface area contributed by atoms with Crippen molar-refractivity contribution in [1.82, 2.24) is 5.16 Å². The molecule has 2 heterocycles. The van der Waals surface area contributed by atoms with Crippen molar-refractivity contribution in [3.8, 4) is 11.3 Å². The molecule has 0 amide bonds. The number of nitrogens with zero attached hydrogens (tertiary/aromatic N) is 1. The molecule has 0 unspecified atom stereocenters. The summed E-state index contributed by atoms with van der Waals surface area (Å²) < 4.78 is 12.0. The maximum atomic E-state index is 12.0. The predicted octanol–water partition coefficient (Wildman–Crippen LogP) is 4.28. The molecule has 0 aliphatic carbocycles. The van der Waals surface area contributed by atoms with Crippen LogP contribution in [0.2, 0.25) is 0 Å². The topological polar surface area (TPSA) is 56.2 Å². The molecule has 1 aromatic carbocycles. The van der Waals surface area contributed by atoms with Gasteiger partial charge in [0.25, 0.3) is 0 Å². The van der Waals surface area contributed by atoms with Gasteiger partial charge in [-0.3, -0.25) is 0 Å². The molecule has 0 aliphatic heterocycles. The van der Waals surface area contributed by atoms with E-state index < -0.39 is 5.63 Å². The van der Waals surface area contributed by atoms with E-state index >= 15 is 0 Å². The van der Waals surface area contributed by atoms with Crippen LogP contribution in [-0.4, -0.2) is 5.16 Å². The van der Waals surface area contributed by atoms with Crippen LogP contribution in [0.25, 0.3) is 22.3 Å². The van der Waals surface area contributed by atoms with Crippen molar-refractivity contribution < 1.29 is 8.94 Å². The summed E-state index contributed by atoms with van der Waals surface area (Å²) in [6.45, 7) is 1.79. The summed E-state index contributed by atoms with van der Waals surface area (Å²) in [5, 5.41) is 4.57. The van der Waals surface area contributed by atoms with Crippen molar-refractivity contribution in [2.24, 2.45) is 0 Å². The molecular formula is C13H7Br2NO3. The average Bonchev–Trinajstić information content (AvgIpc) is 2.76. The molecule has 6 heteroatoms. The third kappa shape index (κ3) is 2.26. The second kappa shape index (κ2) is 4.61. The minimum Gasteiger partial charge on any atom is -0.421 e. The number of benzene rings is 1. The highest BCUT2D eigenvalue weighted by Crippen LogP contribution is 2.30. The highest BCUT2D eigenvalue weighted by atomic mass is 79.9. The van der Waals surface area contributed by atoms with Crippen molar-refractivity contribution in [1.29, 1.82) is 0 Å². The number of hydrogen-bond acceptors (Lipinski definition) is 4. The summed E-state index contributed by atoms with van der Waals surface area (Å²) in [7, 11) is 0. The third-order valence-electron chi connectivity index (χ3n) is 2.65. The van der Waals surface area contributed by atoms with Crippen LogP contribution in [0.5, 0.6) is 0 Å². The highest BCUT2D eigenvalue weighted by Gasteiger charge is 2.14. The smallest absolute Gasteiger partial charge is 0.347 e. The number of hydrogen-bond donors (Lipinski definition) is 0. The van der Waals surface area contributed by atoms with Gasteiger partial charge in [-0.25, -0.2) is 4.79 Å². The monoisotopic (exact) mass is 383 g/mol. The maximum Gasteiger partial charge on any atom is 0.347 e. The van der Waals surface area contributed by atoms with Crippen molar-refractivity contribution in [2.45, 2.75) is 6.92 Å². The Hall–Kier alpha value is -1.40. The van der Waals surface area contributed by atoms with Crippen molar-refractivity contribution in [3.63, 3.8) is 0 Å². The van der Waals surface area contributed by atoms with Gasteiger partial charge in [0.05, 0.1) is 10.2 Å². The zero-order valence-corrected chi connectivity index (χ0v) is 12.9.